The number of aliphatic hydroxyl groups is 1. The number of benzene rings is 1. The highest BCUT2D eigenvalue weighted by atomic mass is 79.9. The molecule has 0 aliphatic heterocycles. The second kappa shape index (κ2) is 11.0. The van der Waals surface area contributed by atoms with Crippen molar-refractivity contribution >= 4 is 15.9 Å². The summed E-state index contributed by atoms with van der Waals surface area (Å²) in [6.07, 6.45) is 5.51. The number of hydrogen-bond donors (Lipinski definition) is 2. The molecule has 1 aromatic carbocycles. The molecule has 0 aliphatic carbocycles. The van der Waals surface area contributed by atoms with E-state index in [0.717, 1.165) is 10.2 Å². The maximum absolute atomic E-state index is 10.0. The standard InChI is InChI=1S/C17H28BrNO2/c1-3-5-7-15(6-4-2)19-12-16(20)13-21-17-10-8-14(18)9-11-17/h8-11,15-16,19-20H,3-7,12-13H2,1-2H3. The molecule has 120 valence electrons. The molecule has 0 radical (unpaired) electrons. The molecule has 2 N–H and O–H groups in total. The molecular formula is C17H28BrNO2. The Bertz CT molecular complexity index is 370. The van der Waals surface area contributed by atoms with Gasteiger partial charge in [0.05, 0.1) is 0 Å². The summed E-state index contributed by atoms with van der Waals surface area (Å²) in [7, 11) is 0. The Labute approximate surface area is 137 Å². The van der Waals surface area contributed by atoms with E-state index in [1.54, 1.807) is 0 Å². The fourth-order valence-corrected chi connectivity index (χ4v) is 2.50. The molecule has 0 amide bonds. The van der Waals surface area contributed by atoms with E-state index in [-0.39, 0.29) is 0 Å². The fraction of sp³-hybridized carbons (Fsp3) is 0.647. The summed E-state index contributed by atoms with van der Waals surface area (Å²) in [4.78, 5) is 0. The van der Waals surface area contributed by atoms with Crippen LogP contribution in [0.5, 0.6) is 5.75 Å². The van der Waals surface area contributed by atoms with Crippen molar-refractivity contribution < 1.29 is 9.84 Å². The first-order chi connectivity index (χ1) is 10.2. The number of aliphatic hydroxyl groups excluding tert-OH is 1. The summed E-state index contributed by atoms with van der Waals surface area (Å²) in [6.45, 7) is 5.32. The van der Waals surface area contributed by atoms with Gasteiger partial charge in [-0.1, -0.05) is 49.0 Å². The van der Waals surface area contributed by atoms with Crippen LogP contribution < -0.4 is 10.1 Å². The topological polar surface area (TPSA) is 41.5 Å². The summed E-state index contributed by atoms with van der Waals surface area (Å²) in [6, 6.07) is 8.16. The molecule has 2 unspecified atom stereocenters. The maximum Gasteiger partial charge on any atom is 0.119 e. The molecule has 2 atom stereocenters. The normalized spacial score (nSPS) is 13.9. The number of hydrogen-bond acceptors (Lipinski definition) is 3. The molecular weight excluding hydrogens is 330 g/mol. The lowest BCUT2D eigenvalue weighted by atomic mass is 10.1. The van der Waals surface area contributed by atoms with Gasteiger partial charge in [0.25, 0.3) is 0 Å². The van der Waals surface area contributed by atoms with Crippen molar-refractivity contribution in [1.82, 2.24) is 5.32 Å². The van der Waals surface area contributed by atoms with Crippen LogP contribution in [0.25, 0.3) is 0 Å². The highest BCUT2D eigenvalue weighted by molar-refractivity contribution is 9.10. The number of halogens is 1. The van der Waals surface area contributed by atoms with Gasteiger partial charge in [0.15, 0.2) is 0 Å². The molecule has 0 aromatic heterocycles. The van der Waals surface area contributed by atoms with Crippen LogP contribution in [0.15, 0.2) is 28.7 Å². The van der Waals surface area contributed by atoms with Crippen LogP contribution in [0.4, 0.5) is 0 Å². The van der Waals surface area contributed by atoms with Crippen LogP contribution in [0.2, 0.25) is 0 Å². The summed E-state index contributed by atoms with van der Waals surface area (Å²) < 4.78 is 6.61. The highest BCUT2D eigenvalue weighted by Gasteiger charge is 2.10. The van der Waals surface area contributed by atoms with E-state index >= 15 is 0 Å². The van der Waals surface area contributed by atoms with Crippen molar-refractivity contribution in [2.45, 2.75) is 58.1 Å². The van der Waals surface area contributed by atoms with Crippen molar-refractivity contribution in [3.05, 3.63) is 28.7 Å². The summed E-state index contributed by atoms with van der Waals surface area (Å²) in [5.41, 5.74) is 0. The number of ether oxygens (including phenoxy) is 1. The molecule has 0 aliphatic rings. The van der Waals surface area contributed by atoms with E-state index in [4.69, 9.17) is 4.74 Å². The monoisotopic (exact) mass is 357 g/mol. The van der Waals surface area contributed by atoms with E-state index in [9.17, 15) is 5.11 Å². The Balaban J connectivity index is 2.25. The van der Waals surface area contributed by atoms with Crippen LogP contribution in [-0.2, 0) is 0 Å². The molecule has 4 heteroatoms. The van der Waals surface area contributed by atoms with E-state index in [2.05, 4.69) is 35.1 Å². The average Bonchev–Trinajstić information content (AvgIpc) is 2.49. The molecule has 0 spiro atoms. The Morgan fingerprint density at radius 2 is 1.86 bits per heavy atom. The van der Waals surface area contributed by atoms with Crippen LogP contribution >= 0.6 is 15.9 Å². The molecule has 1 rings (SSSR count). The highest BCUT2D eigenvalue weighted by Crippen LogP contribution is 2.16. The number of nitrogens with one attached hydrogen (secondary N) is 1. The van der Waals surface area contributed by atoms with Gasteiger partial charge < -0.3 is 15.2 Å². The van der Waals surface area contributed by atoms with Crippen molar-refractivity contribution in [3.63, 3.8) is 0 Å². The summed E-state index contributed by atoms with van der Waals surface area (Å²) in [5, 5.41) is 13.5. The smallest absolute Gasteiger partial charge is 0.119 e. The predicted octanol–water partition coefficient (Wildman–Crippen LogP) is 4.14. The Morgan fingerprint density at radius 3 is 2.48 bits per heavy atom. The quantitative estimate of drug-likeness (QED) is 0.625. The lowest BCUT2D eigenvalue weighted by Gasteiger charge is -2.20. The predicted molar refractivity (Wildman–Crippen MR) is 91.9 cm³/mol. The molecule has 21 heavy (non-hydrogen) atoms. The molecule has 0 bridgehead atoms. The SMILES string of the molecule is CCCCC(CCC)NCC(O)COc1ccc(Br)cc1. The van der Waals surface area contributed by atoms with E-state index in [1.165, 1.54) is 32.1 Å². The van der Waals surface area contributed by atoms with Crippen LogP contribution in [0.3, 0.4) is 0 Å². The second-order valence-corrected chi connectivity index (χ2v) is 6.37. The Kier molecular flexibility index (Phi) is 9.72. The first-order valence-corrected chi connectivity index (χ1v) is 8.74. The third kappa shape index (κ3) is 8.44. The van der Waals surface area contributed by atoms with Crippen LogP contribution in [0, 0.1) is 0 Å². The number of unbranched alkanes of at least 4 members (excludes halogenated alkanes) is 1. The minimum atomic E-state index is -0.477. The lowest BCUT2D eigenvalue weighted by Crippen LogP contribution is -2.38. The average molecular weight is 358 g/mol. The number of rotatable bonds is 11. The zero-order valence-corrected chi connectivity index (χ0v) is 14.7. The van der Waals surface area contributed by atoms with Crippen molar-refractivity contribution in [3.8, 4) is 5.75 Å². The first-order valence-electron chi connectivity index (χ1n) is 7.95. The summed E-state index contributed by atoms with van der Waals surface area (Å²) >= 11 is 3.39. The largest absolute Gasteiger partial charge is 0.491 e. The molecule has 0 fully saturated rings. The Morgan fingerprint density at radius 1 is 1.14 bits per heavy atom. The zero-order chi connectivity index (χ0) is 15.5. The molecule has 0 saturated carbocycles. The second-order valence-electron chi connectivity index (χ2n) is 5.45. The van der Waals surface area contributed by atoms with Gasteiger partial charge in [-0.25, -0.2) is 0 Å². The van der Waals surface area contributed by atoms with Gasteiger partial charge in [0.1, 0.15) is 18.5 Å². The Hall–Kier alpha value is -0.580. The third-order valence-corrected chi connectivity index (χ3v) is 3.97. The molecule has 3 nitrogen and oxygen atoms in total. The zero-order valence-electron chi connectivity index (χ0n) is 13.1. The molecule has 1 aromatic rings. The summed E-state index contributed by atoms with van der Waals surface area (Å²) in [5.74, 6) is 0.786. The van der Waals surface area contributed by atoms with Gasteiger partial charge in [-0.05, 0) is 37.1 Å². The van der Waals surface area contributed by atoms with Gasteiger partial charge >= 0.3 is 0 Å². The molecule has 0 saturated heterocycles. The van der Waals surface area contributed by atoms with E-state index in [0.29, 0.717) is 19.2 Å². The van der Waals surface area contributed by atoms with Gasteiger partial charge in [0.2, 0.25) is 0 Å². The van der Waals surface area contributed by atoms with Crippen molar-refractivity contribution in [1.29, 1.82) is 0 Å². The van der Waals surface area contributed by atoms with Gasteiger partial charge in [-0.3, -0.25) is 0 Å². The van der Waals surface area contributed by atoms with Crippen molar-refractivity contribution in [2.24, 2.45) is 0 Å². The minimum absolute atomic E-state index is 0.321. The maximum atomic E-state index is 10.0. The third-order valence-electron chi connectivity index (χ3n) is 3.44. The van der Waals surface area contributed by atoms with Crippen molar-refractivity contribution in [2.75, 3.05) is 13.2 Å². The van der Waals surface area contributed by atoms with Crippen LogP contribution in [-0.4, -0.2) is 30.4 Å². The lowest BCUT2D eigenvalue weighted by molar-refractivity contribution is 0.102. The van der Waals surface area contributed by atoms with Gasteiger partial charge in [-0.2, -0.15) is 0 Å². The van der Waals surface area contributed by atoms with Crippen LogP contribution in [0.1, 0.15) is 46.0 Å². The minimum Gasteiger partial charge on any atom is -0.491 e. The molecule has 0 heterocycles. The van der Waals surface area contributed by atoms with E-state index in [1.807, 2.05) is 24.3 Å². The first kappa shape index (κ1) is 18.5. The van der Waals surface area contributed by atoms with Gasteiger partial charge in [0, 0.05) is 17.1 Å². The van der Waals surface area contributed by atoms with Gasteiger partial charge in [-0.15, -0.1) is 0 Å². The van der Waals surface area contributed by atoms with E-state index < -0.39 is 6.10 Å². The fourth-order valence-electron chi connectivity index (χ4n) is 2.23.